The number of nitrogens with zero attached hydrogens (tertiary/aromatic N) is 3. The molecule has 0 amide bonds. The fraction of sp³-hybridized carbons (Fsp3) is 0.0976. The van der Waals surface area contributed by atoms with E-state index in [0.717, 1.165) is 62.7 Å². The summed E-state index contributed by atoms with van der Waals surface area (Å²) >= 11 is 0. The summed E-state index contributed by atoms with van der Waals surface area (Å²) in [5.74, 6) is 0.722. The summed E-state index contributed by atoms with van der Waals surface area (Å²) in [4.78, 5) is 15.2. The number of dihydropyridines is 1. The van der Waals surface area contributed by atoms with Gasteiger partial charge in [0.2, 0.25) is 0 Å². The topological polar surface area (TPSA) is 38.1 Å². The largest absolute Gasteiger partial charge is 0.276 e. The Bertz CT molecular complexity index is 1920. The molecule has 212 valence electrons. The van der Waals surface area contributed by atoms with Gasteiger partial charge in [0, 0.05) is 16.7 Å². The first kappa shape index (κ1) is 27.4. The van der Waals surface area contributed by atoms with E-state index in [1.54, 1.807) is 0 Å². The minimum atomic E-state index is 0.157. The Hall–Kier alpha value is -5.41. The number of hydrogen-bond donors (Lipinski definition) is 0. The van der Waals surface area contributed by atoms with Crippen LogP contribution < -0.4 is 0 Å². The van der Waals surface area contributed by atoms with E-state index in [-0.39, 0.29) is 6.04 Å². The summed E-state index contributed by atoms with van der Waals surface area (Å²) in [5, 5.41) is 0. The third-order valence-electron chi connectivity index (χ3n) is 8.09. The van der Waals surface area contributed by atoms with E-state index in [1.165, 1.54) is 16.7 Å². The molecule has 0 spiro atoms. The van der Waals surface area contributed by atoms with Crippen molar-refractivity contribution in [2.45, 2.75) is 26.3 Å². The highest BCUT2D eigenvalue weighted by Crippen LogP contribution is 2.33. The Morgan fingerprint density at radius 2 is 1.07 bits per heavy atom. The van der Waals surface area contributed by atoms with Crippen LogP contribution in [0.2, 0.25) is 0 Å². The molecule has 0 radical (unpaired) electrons. The molecule has 0 N–H and O–H groups in total. The van der Waals surface area contributed by atoms with Crippen LogP contribution in [-0.4, -0.2) is 15.7 Å². The first-order valence-corrected chi connectivity index (χ1v) is 15.1. The second kappa shape index (κ2) is 12.1. The maximum Gasteiger partial charge on any atom is 0.160 e. The van der Waals surface area contributed by atoms with Crippen molar-refractivity contribution in [1.82, 2.24) is 9.97 Å². The molecule has 0 fully saturated rings. The Morgan fingerprint density at radius 3 is 1.75 bits per heavy atom. The van der Waals surface area contributed by atoms with Crippen LogP contribution in [0.5, 0.6) is 0 Å². The van der Waals surface area contributed by atoms with Crippen molar-refractivity contribution >= 4 is 5.71 Å². The fourth-order valence-corrected chi connectivity index (χ4v) is 5.87. The monoisotopic (exact) mass is 567 g/mol. The van der Waals surface area contributed by atoms with E-state index >= 15 is 0 Å². The summed E-state index contributed by atoms with van der Waals surface area (Å²) in [7, 11) is 0. The van der Waals surface area contributed by atoms with Crippen LogP contribution in [-0.2, 0) is 0 Å². The zero-order valence-corrected chi connectivity index (χ0v) is 25.0. The van der Waals surface area contributed by atoms with E-state index in [0.29, 0.717) is 0 Å². The minimum absolute atomic E-state index is 0.157. The van der Waals surface area contributed by atoms with Gasteiger partial charge in [0.05, 0.1) is 23.1 Å². The Balaban J connectivity index is 1.25. The molecule has 1 aliphatic rings. The maximum absolute atomic E-state index is 5.14. The summed E-state index contributed by atoms with van der Waals surface area (Å²) in [5.41, 5.74) is 13.3. The van der Waals surface area contributed by atoms with Gasteiger partial charge in [0.15, 0.2) is 5.82 Å². The molecule has 3 heteroatoms. The smallest absolute Gasteiger partial charge is 0.160 e. The van der Waals surface area contributed by atoms with E-state index in [2.05, 4.69) is 123 Å². The summed E-state index contributed by atoms with van der Waals surface area (Å²) < 4.78 is 0. The average molecular weight is 568 g/mol. The second-order valence-corrected chi connectivity index (χ2v) is 11.5. The molecule has 3 nitrogen and oxygen atoms in total. The van der Waals surface area contributed by atoms with E-state index in [1.807, 2.05) is 36.4 Å². The van der Waals surface area contributed by atoms with Crippen molar-refractivity contribution in [3.8, 4) is 45.0 Å². The van der Waals surface area contributed by atoms with E-state index in [9.17, 15) is 0 Å². The first-order chi connectivity index (χ1) is 21.6. The predicted octanol–water partition coefficient (Wildman–Crippen LogP) is 10.3. The number of allylic oxidation sites excluding steroid dienone is 1. The number of hydrogen-bond acceptors (Lipinski definition) is 3. The van der Waals surface area contributed by atoms with E-state index < -0.39 is 0 Å². The Kier molecular flexibility index (Phi) is 7.52. The Morgan fingerprint density at radius 1 is 0.500 bits per heavy atom. The fourth-order valence-electron chi connectivity index (χ4n) is 5.87. The average Bonchev–Trinajstić information content (AvgIpc) is 3.09. The molecule has 0 saturated carbocycles. The van der Waals surface area contributed by atoms with Crippen molar-refractivity contribution in [2.75, 3.05) is 0 Å². The predicted molar refractivity (Wildman–Crippen MR) is 183 cm³/mol. The lowest BCUT2D eigenvalue weighted by atomic mass is 9.93. The molecule has 1 aliphatic heterocycles. The molecule has 2 heterocycles. The van der Waals surface area contributed by atoms with Gasteiger partial charge in [-0.05, 0) is 72.4 Å². The van der Waals surface area contributed by atoms with Gasteiger partial charge in [0.1, 0.15) is 0 Å². The molecule has 0 saturated heterocycles. The van der Waals surface area contributed by atoms with Gasteiger partial charge in [-0.25, -0.2) is 9.97 Å². The molecule has 0 bridgehead atoms. The van der Waals surface area contributed by atoms with Gasteiger partial charge in [-0.1, -0.05) is 127 Å². The van der Waals surface area contributed by atoms with Crippen LogP contribution in [0.25, 0.3) is 45.0 Å². The van der Waals surface area contributed by atoms with Crippen LogP contribution in [0.3, 0.4) is 0 Å². The lowest BCUT2D eigenvalue weighted by molar-refractivity contribution is 0.710. The number of rotatable bonds is 6. The van der Waals surface area contributed by atoms with Crippen LogP contribution in [0.1, 0.15) is 36.1 Å². The Labute approximate surface area is 259 Å². The quantitative estimate of drug-likeness (QED) is 0.201. The third kappa shape index (κ3) is 5.91. The zero-order chi connectivity index (χ0) is 29.9. The third-order valence-corrected chi connectivity index (χ3v) is 8.09. The number of aromatic nitrogens is 2. The second-order valence-electron chi connectivity index (χ2n) is 11.5. The standard InChI is InChI=1S/C41H33N3/c1-28-22-35(30-18-20-33(21-19-30)38-25-29(2)24-37(42-38)31-12-6-3-7-13-31)26-36(23-28)40-27-39(32-14-8-4-9-15-32)43-41(44-40)34-16-10-5-11-17-34/h3-23,25-27,37H,24H2,1-2H3. The van der Waals surface area contributed by atoms with Crippen molar-refractivity contribution in [3.63, 3.8) is 0 Å². The molecule has 1 unspecified atom stereocenters. The number of aryl methyl sites for hydroxylation is 1. The molecule has 0 aliphatic carbocycles. The van der Waals surface area contributed by atoms with Gasteiger partial charge in [-0.15, -0.1) is 0 Å². The summed E-state index contributed by atoms with van der Waals surface area (Å²) in [6.07, 6.45) is 3.18. The van der Waals surface area contributed by atoms with Crippen LogP contribution in [0.15, 0.2) is 156 Å². The minimum Gasteiger partial charge on any atom is -0.276 e. The van der Waals surface area contributed by atoms with Gasteiger partial charge < -0.3 is 0 Å². The maximum atomic E-state index is 5.14. The molecule has 1 atom stereocenters. The zero-order valence-electron chi connectivity index (χ0n) is 25.0. The molecule has 7 rings (SSSR count). The van der Waals surface area contributed by atoms with Crippen LogP contribution in [0.4, 0.5) is 0 Å². The van der Waals surface area contributed by atoms with E-state index in [4.69, 9.17) is 15.0 Å². The molecule has 6 aromatic rings. The highest BCUT2D eigenvalue weighted by atomic mass is 14.9. The lowest BCUT2D eigenvalue weighted by Gasteiger charge is -2.20. The van der Waals surface area contributed by atoms with Crippen molar-refractivity contribution < 1.29 is 0 Å². The van der Waals surface area contributed by atoms with Crippen LogP contribution in [0, 0.1) is 6.92 Å². The lowest BCUT2D eigenvalue weighted by Crippen LogP contribution is -2.09. The highest BCUT2D eigenvalue weighted by Gasteiger charge is 2.18. The van der Waals surface area contributed by atoms with Crippen molar-refractivity contribution in [3.05, 3.63) is 168 Å². The summed E-state index contributed by atoms with van der Waals surface area (Å²) in [6.45, 7) is 4.35. The normalized spacial score (nSPS) is 14.5. The summed E-state index contributed by atoms with van der Waals surface area (Å²) in [6, 6.07) is 48.8. The van der Waals surface area contributed by atoms with Gasteiger partial charge in [-0.3, -0.25) is 4.99 Å². The number of aliphatic imine (C=N–C) groups is 1. The molecule has 1 aromatic heterocycles. The molecular weight excluding hydrogens is 534 g/mol. The first-order valence-electron chi connectivity index (χ1n) is 15.1. The molecular formula is C41H33N3. The highest BCUT2D eigenvalue weighted by molar-refractivity contribution is 6.09. The SMILES string of the molecule is CC1=CC(c2ccc(-c3cc(C)cc(-c4cc(-c5ccccc5)nc(-c5ccccc5)n4)c3)cc2)=NC(c2ccccc2)C1. The van der Waals surface area contributed by atoms with Gasteiger partial charge in [0.25, 0.3) is 0 Å². The van der Waals surface area contributed by atoms with Gasteiger partial charge in [-0.2, -0.15) is 0 Å². The van der Waals surface area contributed by atoms with Crippen molar-refractivity contribution in [2.24, 2.45) is 4.99 Å². The molecule has 5 aromatic carbocycles. The number of benzene rings is 5. The van der Waals surface area contributed by atoms with Crippen molar-refractivity contribution in [1.29, 1.82) is 0 Å². The van der Waals surface area contributed by atoms with Crippen LogP contribution >= 0.6 is 0 Å². The van der Waals surface area contributed by atoms with Gasteiger partial charge >= 0.3 is 0 Å². The molecule has 44 heavy (non-hydrogen) atoms.